The zero-order valence-electron chi connectivity index (χ0n) is 13.3. The summed E-state index contributed by atoms with van der Waals surface area (Å²) in [5, 5.41) is 2.81. The van der Waals surface area contributed by atoms with Crippen molar-refractivity contribution in [1.82, 2.24) is 10.2 Å². The minimum Gasteiger partial charge on any atom is -0.352 e. The Morgan fingerprint density at radius 2 is 1.90 bits per heavy atom. The van der Waals surface area contributed by atoms with E-state index in [1.54, 1.807) is 18.7 Å². The fraction of sp³-hybridized carbons (Fsp3) is 0.529. The van der Waals surface area contributed by atoms with Crippen LogP contribution in [0, 0.1) is 0 Å². The highest BCUT2D eigenvalue weighted by molar-refractivity contribution is 5.92. The summed E-state index contributed by atoms with van der Waals surface area (Å²) in [5.41, 5.74) is 1.49. The lowest BCUT2D eigenvalue weighted by molar-refractivity contribution is -0.148. The lowest BCUT2D eigenvalue weighted by Crippen LogP contribution is -2.63. The molecule has 114 valence electrons. The number of carbonyl (C=O) groups excluding carboxylic acids is 2. The summed E-state index contributed by atoms with van der Waals surface area (Å²) in [5.74, 6) is 0.406. The van der Waals surface area contributed by atoms with E-state index in [2.05, 4.69) is 31.3 Å². The molecule has 1 aromatic carbocycles. The van der Waals surface area contributed by atoms with E-state index in [0.717, 1.165) is 5.56 Å². The van der Waals surface area contributed by atoms with Crippen molar-refractivity contribution < 1.29 is 9.59 Å². The molecule has 1 saturated heterocycles. The van der Waals surface area contributed by atoms with Gasteiger partial charge in [0.2, 0.25) is 11.8 Å². The molecule has 0 aliphatic carbocycles. The molecule has 1 heterocycles. The van der Waals surface area contributed by atoms with E-state index < -0.39 is 5.54 Å². The quantitative estimate of drug-likeness (QED) is 0.926. The van der Waals surface area contributed by atoms with Gasteiger partial charge in [0.05, 0.1) is 6.42 Å². The molecule has 0 saturated carbocycles. The van der Waals surface area contributed by atoms with Crippen molar-refractivity contribution in [1.29, 1.82) is 0 Å². The Balaban J connectivity index is 2.08. The van der Waals surface area contributed by atoms with Crippen LogP contribution in [0.3, 0.4) is 0 Å². The van der Waals surface area contributed by atoms with E-state index in [9.17, 15) is 9.59 Å². The zero-order valence-corrected chi connectivity index (χ0v) is 13.3. The van der Waals surface area contributed by atoms with Gasteiger partial charge in [0, 0.05) is 13.1 Å². The maximum Gasteiger partial charge on any atom is 0.245 e. The van der Waals surface area contributed by atoms with Crippen LogP contribution in [0.15, 0.2) is 24.3 Å². The van der Waals surface area contributed by atoms with Crippen LogP contribution in [-0.4, -0.2) is 35.3 Å². The van der Waals surface area contributed by atoms with Gasteiger partial charge in [-0.3, -0.25) is 9.59 Å². The predicted octanol–water partition coefficient (Wildman–Crippen LogP) is 2.09. The predicted molar refractivity (Wildman–Crippen MR) is 83.0 cm³/mol. The smallest absolute Gasteiger partial charge is 0.245 e. The van der Waals surface area contributed by atoms with Gasteiger partial charge in [-0.25, -0.2) is 0 Å². The molecule has 1 aliphatic heterocycles. The molecule has 1 aliphatic rings. The molecule has 4 heteroatoms. The minimum absolute atomic E-state index is 0.00662. The molecule has 0 radical (unpaired) electrons. The van der Waals surface area contributed by atoms with Crippen molar-refractivity contribution in [3.63, 3.8) is 0 Å². The van der Waals surface area contributed by atoms with Gasteiger partial charge in [-0.05, 0) is 30.9 Å². The van der Waals surface area contributed by atoms with E-state index in [4.69, 9.17) is 0 Å². The SMILES string of the molecule is CC(C)c1ccc(CC(=O)N2CCNC(=O)C2(C)C)cc1. The second kappa shape index (κ2) is 5.88. The van der Waals surface area contributed by atoms with E-state index in [0.29, 0.717) is 25.4 Å². The molecule has 0 spiro atoms. The third-order valence-electron chi connectivity index (χ3n) is 4.15. The summed E-state index contributed by atoms with van der Waals surface area (Å²) in [7, 11) is 0. The molecule has 0 bridgehead atoms. The zero-order chi connectivity index (χ0) is 15.6. The van der Waals surface area contributed by atoms with Gasteiger partial charge in [0.25, 0.3) is 0 Å². The Bertz CT molecular complexity index is 532. The first-order valence-corrected chi connectivity index (χ1v) is 7.50. The highest BCUT2D eigenvalue weighted by Gasteiger charge is 2.40. The number of amides is 2. The van der Waals surface area contributed by atoms with Gasteiger partial charge in [-0.15, -0.1) is 0 Å². The van der Waals surface area contributed by atoms with Gasteiger partial charge < -0.3 is 10.2 Å². The molecule has 1 aromatic rings. The Hall–Kier alpha value is -1.84. The van der Waals surface area contributed by atoms with Crippen LogP contribution >= 0.6 is 0 Å². The molecular formula is C17H24N2O2. The number of nitrogens with zero attached hydrogens (tertiary/aromatic N) is 1. The van der Waals surface area contributed by atoms with E-state index in [1.807, 2.05) is 12.1 Å². The van der Waals surface area contributed by atoms with Crippen molar-refractivity contribution >= 4 is 11.8 Å². The van der Waals surface area contributed by atoms with Crippen LogP contribution in [0.2, 0.25) is 0 Å². The summed E-state index contributed by atoms with van der Waals surface area (Å²) in [6.45, 7) is 8.98. The first kappa shape index (κ1) is 15.5. The van der Waals surface area contributed by atoms with Crippen molar-refractivity contribution in [2.75, 3.05) is 13.1 Å². The Morgan fingerprint density at radius 3 is 2.48 bits per heavy atom. The van der Waals surface area contributed by atoms with Crippen LogP contribution in [0.5, 0.6) is 0 Å². The van der Waals surface area contributed by atoms with Crippen molar-refractivity contribution in [2.24, 2.45) is 0 Å². The van der Waals surface area contributed by atoms with Gasteiger partial charge >= 0.3 is 0 Å². The minimum atomic E-state index is -0.771. The number of rotatable bonds is 3. The van der Waals surface area contributed by atoms with Gasteiger partial charge in [0.15, 0.2) is 0 Å². The maximum absolute atomic E-state index is 12.5. The molecule has 0 aromatic heterocycles. The molecule has 4 nitrogen and oxygen atoms in total. The summed E-state index contributed by atoms with van der Waals surface area (Å²) in [6, 6.07) is 8.15. The topological polar surface area (TPSA) is 49.4 Å². The second-order valence-electron chi connectivity index (χ2n) is 6.43. The third-order valence-corrected chi connectivity index (χ3v) is 4.15. The second-order valence-corrected chi connectivity index (χ2v) is 6.43. The molecule has 1 N–H and O–H groups in total. The average molecular weight is 288 g/mol. The Kier molecular flexibility index (Phi) is 4.35. The lowest BCUT2D eigenvalue weighted by Gasteiger charge is -2.41. The fourth-order valence-electron chi connectivity index (χ4n) is 2.63. The molecule has 2 amide bonds. The third kappa shape index (κ3) is 3.26. The van der Waals surface area contributed by atoms with Crippen molar-refractivity contribution in [3.8, 4) is 0 Å². The van der Waals surface area contributed by atoms with Crippen LogP contribution in [0.1, 0.15) is 44.7 Å². The van der Waals surface area contributed by atoms with Crippen LogP contribution in [-0.2, 0) is 16.0 Å². The summed E-state index contributed by atoms with van der Waals surface area (Å²) in [4.78, 5) is 26.1. The molecule has 1 fully saturated rings. The number of hydrogen-bond donors (Lipinski definition) is 1. The number of piperazine rings is 1. The van der Waals surface area contributed by atoms with E-state index in [1.165, 1.54) is 5.56 Å². The van der Waals surface area contributed by atoms with Gasteiger partial charge in [-0.1, -0.05) is 38.1 Å². The van der Waals surface area contributed by atoms with Crippen LogP contribution < -0.4 is 5.32 Å². The Morgan fingerprint density at radius 1 is 1.29 bits per heavy atom. The average Bonchev–Trinajstić information content (AvgIpc) is 2.42. The van der Waals surface area contributed by atoms with Crippen LogP contribution in [0.25, 0.3) is 0 Å². The van der Waals surface area contributed by atoms with Crippen LogP contribution in [0.4, 0.5) is 0 Å². The van der Waals surface area contributed by atoms with E-state index in [-0.39, 0.29) is 11.8 Å². The van der Waals surface area contributed by atoms with Crippen molar-refractivity contribution in [3.05, 3.63) is 35.4 Å². The maximum atomic E-state index is 12.5. The number of benzene rings is 1. The van der Waals surface area contributed by atoms with E-state index >= 15 is 0 Å². The van der Waals surface area contributed by atoms with Gasteiger partial charge in [-0.2, -0.15) is 0 Å². The molecule has 0 unspecified atom stereocenters. The standard InChI is InChI=1S/C17H24N2O2/c1-12(2)14-7-5-13(6-8-14)11-15(20)19-10-9-18-16(21)17(19,3)4/h5-8,12H,9-11H2,1-4H3,(H,18,21). The Labute approximate surface area is 126 Å². The molecular weight excluding hydrogens is 264 g/mol. The molecule has 0 atom stereocenters. The number of carbonyl (C=O) groups is 2. The van der Waals surface area contributed by atoms with Crippen molar-refractivity contribution in [2.45, 2.75) is 45.6 Å². The summed E-state index contributed by atoms with van der Waals surface area (Å²) >= 11 is 0. The largest absolute Gasteiger partial charge is 0.352 e. The first-order valence-electron chi connectivity index (χ1n) is 7.50. The highest BCUT2D eigenvalue weighted by atomic mass is 16.2. The summed E-state index contributed by atoms with van der Waals surface area (Å²) in [6.07, 6.45) is 0.342. The van der Waals surface area contributed by atoms with Gasteiger partial charge in [0.1, 0.15) is 5.54 Å². The highest BCUT2D eigenvalue weighted by Crippen LogP contribution is 2.20. The number of hydrogen-bond acceptors (Lipinski definition) is 2. The molecule has 21 heavy (non-hydrogen) atoms. The normalized spacial score (nSPS) is 17.8. The molecule has 2 rings (SSSR count). The summed E-state index contributed by atoms with van der Waals surface area (Å²) < 4.78 is 0. The monoisotopic (exact) mass is 288 g/mol. The number of nitrogens with one attached hydrogen (secondary N) is 1. The fourth-order valence-corrected chi connectivity index (χ4v) is 2.63. The first-order chi connectivity index (χ1) is 9.82. The lowest BCUT2D eigenvalue weighted by atomic mass is 9.97.